The first-order chi connectivity index (χ1) is 8.11. The molecule has 1 atom stereocenters. The van der Waals surface area contributed by atoms with Crippen molar-refractivity contribution in [2.24, 2.45) is 0 Å². The number of rotatable bonds is 3. The fourth-order valence-corrected chi connectivity index (χ4v) is 2.40. The van der Waals surface area contributed by atoms with Crippen molar-refractivity contribution in [2.45, 2.75) is 19.1 Å². The number of nitrogens with two attached hydrogens (primary N) is 1. The van der Waals surface area contributed by atoms with Crippen LogP contribution >= 0.6 is 11.6 Å². The molecule has 0 aromatic heterocycles. The molecule has 94 valence electrons. The van der Waals surface area contributed by atoms with Crippen molar-refractivity contribution in [1.29, 1.82) is 0 Å². The number of nitrogen functional groups attached to an aromatic ring is 1. The number of aliphatic hydroxyl groups is 2. The molecule has 1 aromatic rings. The quantitative estimate of drug-likeness (QED) is 0.694. The largest absolute Gasteiger partial charge is 0.397 e. The summed E-state index contributed by atoms with van der Waals surface area (Å²) in [6.45, 7) is 1.85. The predicted molar refractivity (Wildman–Crippen MR) is 67.9 cm³/mol. The summed E-state index contributed by atoms with van der Waals surface area (Å²) < 4.78 is 0. The minimum absolute atomic E-state index is 0.202. The van der Waals surface area contributed by atoms with Crippen LogP contribution in [0.3, 0.4) is 0 Å². The van der Waals surface area contributed by atoms with E-state index in [4.69, 9.17) is 22.4 Å². The average molecular weight is 257 g/mol. The molecule has 4 N–H and O–H groups in total. The summed E-state index contributed by atoms with van der Waals surface area (Å²) in [5.41, 5.74) is 8.88. The van der Waals surface area contributed by atoms with Crippen molar-refractivity contribution in [3.8, 4) is 0 Å². The Hall–Kier alpha value is -0.810. The number of hydrogen-bond donors (Lipinski definition) is 3. The molecule has 1 unspecified atom stereocenters. The first-order valence-corrected chi connectivity index (χ1v) is 6.06. The van der Waals surface area contributed by atoms with Gasteiger partial charge < -0.3 is 15.9 Å². The Morgan fingerprint density at radius 3 is 2.94 bits per heavy atom. The van der Waals surface area contributed by atoms with Gasteiger partial charge in [-0.25, -0.2) is 0 Å². The highest BCUT2D eigenvalue weighted by Crippen LogP contribution is 2.30. The maximum absolute atomic E-state index is 9.42. The molecule has 0 spiro atoms. The van der Waals surface area contributed by atoms with Crippen molar-refractivity contribution in [1.82, 2.24) is 4.90 Å². The molecule has 1 aromatic carbocycles. The van der Waals surface area contributed by atoms with E-state index in [2.05, 4.69) is 4.90 Å². The van der Waals surface area contributed by atoms with Gasteiger partial charge in [-0.1, -0.05) is 17.7 Å². The summed E-state index contributed by atoms with van der Waals surface area (Å²) in [4.78, 5) is 2.11. The lowest BCUT2D eigenvalue weighted by atomic mass is 9.98. The van der Waals surface area contributed by atoms with Gasteiger partial charge in [-0.05, 0) is 23.6 Å². The molecule has 0 saturated carbocycles. The first-order valence-electron chi connectivity index (χ1n) is 5.69. The molecule has 0 radical (unpaired) electrons. The van der Waals surface area contributed by atoms with Crippen LogP contribution in [0.1, 0.15) is 11.1 Å². The van der Waals surface area contributed by atoms with E-state index in [9.17, 15) is 5.11 Å². The van der Waals surface area contributed by atoms with Gasteiger partial charge in [-0.3, -0.25) is 4.90 Å². The number of hydrogen-bond acceptors (Lipinski definition) is 4. The molecule has 0 aliphatic carbocycles. The number of aliphatic hydroxyl groups excluding tert-OH is 2. The van der Waals surface area contributed by atoms with E-state index >= 15 is 0 Å². The van der Waals surface area contributed by atoms with E-state index in [0.717, 1.165) is 30.6 Å². The number of halogens is 1. The van der Waals surface area contributed by atoms with Crippen LogP contribution in [0.2, 0.25) is 5.02 Å². The zero-order valence-corrected chi connectivity index (χ0v) is 10.3. The molecule has 1 heterocycles. The molecule has 0 saturated heterocycles. The number of benzene rings is 1. The van der Waals surface area contributed by atoms with E-state index < -0.39 is 6.10 Å². The van der Waals surface area contributed by atoms with Gasteiger partial charge in [0.05, 0.1) is 23.4 Å². The van der Waals surface area contributed by atoms with E-state index in [0.29, 0.717) is 17.3 Å². The summed E-state index contributed by atoms with van der Waals surface area (Å²) in [5.74, 6) is 0. The zero-order chi connectivity index (χ0) is 12.4. The molecule has 1 aliphatic rings. The van der Waals surface area contributed by atoms with Gasteiger partial charge in [0, 0.05) is 19.6 Å². The van der Waals surface area contributed by atoms with E-state index in [-0.39, 0.29) is 6.61 Å². The van der Waals surface area contributed by atoms with Gasteiger partial charge in [0.25, 0.3) is 0 Å². The fourth-order valence-electron chi connectivity index (χ4n) is 2.23. The molecular weight excluding hydrogens is 240 g/mol. The van der Waals surface area contributed by atoms with Gasteiger partial charge >= 0.3 is 0 Å². The second kappa shape index (κ2) is 5.23. The van der Waals surface area contributed by atoms with Crippen molar-refractivity contribution in [2.75, 3.05) is 25.4 Å². The van der Waals surface area contributed by atoms with Crippen LogP contribution in [0.4, 0.5) is 5.69 Å². The molecule has 1 aliphatic heterocycles. The average Bonchev–Trinajstić information content (AvgIpc) is 2.34. The zero-order valence-electron chi connectivity index (χ0n) is 9.56. The maximum atomic E-state index is 9.42. The van der Waals surface area contributed by atoms with Crippen molar-refractivity contribution < 1.29 is 10.2 Å². The summed E-state index contributed by atoms with van der Waals surface area (Å²) in [6.07, 6.45) is 0.154. The third-order valence-electron chi connectivity index (χ3n) is 3.15. The SMILES string of the molecule is Nc1c(Cl)ccc2c1CCN(CC(O)CO)C2. The van der Waals surface area contributed by atoms with E-state index in [1.54, 1.807) is 0 Å². The van der Waals surface area contributed by atoms with Gasteiger partial charge in [0.15, 0.2) is 0 Å². The Morgan fingerprint density at radius 2 is 2.24 bits per heavy atom. The summed E-state index contributed by atoms with van der Waals surface area (Å²) in [6, 6.07) is 3.78. The van der Waals surface area contributed by atoms with Crippen LogP contribution in [0, 0.1) is 0 Å². The maximum Gasteiger partial charge on any atom is 0.0897 e. The monoisotopic (exact) mass is 256 g/mol. The topological polar surface area (TPSA) is 69.7 Å². The van der Waals surface area contributed by atoms with Crippen LogP contribution in [-0.4, -0.2) is 40.9 Å². The lowest BCUT2D eigenvalue weighted by molar-refractivity contribution is 0.0551. The summed E-state index contributed by atoms with van der Waals surface area (Å²) in [5, 5.41) is 18.9. The third kappa shape index (κ3) is 2.72. The van der Waals surface area contributed by atoms with Gasteiger partial charge in [0.1, 0.15) is 0 Å². The molecule has 0 amide bonds. The van der Waals surface area contributed by atoms with Gasteiger partial charge in [-0.15, -0.1) is 0 Å². The number of anilines is 1. The van der Waals surface area contributed by atoms with Gasteiger partial charge in [0.2, 0.25) is 0 Å². The molecule has 4 nitrogen and oxygen atoms in total. The molecule has 17 heavy (non-hydrogen) atoms. The third-order valence-corrected chi connectivity index (χ3v) is 3.48. The number of β-amino-alcohol motifs (C(OH)–C–C–N with tert-alkyl or cyclic N) is 1. The second-order valence-corrected chi connectivity index (χ2v) is 4.83. The van der Waals surface area contributed by atoms with Crippen LogP contribution in [-0.2, 0) is 13.0 Å². The lowest BCUT2D eigenvalue weighted by Gasteiger charge is -2.30. The Kier molecular flexibility index (Phi) is 3.89. The normalized spacial score (nSPS) is 17.8. The standard InChI is InChI=1S/C12H17ClN2O2/c13-11-2-1-8-5-15(6-9(17)7-16)4-3-10(8)12(11)14/h1-2,9,16-17H,3-7,14H2. The smallest absolute Gasteiger partial charge is 0.0897 e. The van der Waals surface area contributed by atoms with E-state index in [1.807, 2.05) is 12.1 Å². The van der Waals surface area contributed by atoms with Crippen LogP contribution in [0.25, 0.3) is 0 Å². The minimum atomic E-state index is -0.679. The molecular formula is C12H17ClN2O2. The van der Waals surface area contributed by atoms with Crippen molar-refractivity contribution in [3.63, 3.8) is 0 Å². The fraction of sp³-hybridized carbons (Fsp3) is 0.500. The van der Waals surface area contributed by atoms with Crippen molar-refractivity contribution in [3.05, 3.63) is 28.3 Å². The highest BCUT2D eigenvalue weighted by molar-refractivity contribution is 6.33. The van der Waals surface area contributed by atoms with Crippen LogP contribution < -0.4 is 5.73 Å². The second-order valence-electron chi connectivity index (χ2n) is 4.42. The Labute approximate surface area is 106 Å². The Bertz CT molecular complexity index is 412. The Morgan fingerprint density at radius 1 is 1.47 bits per heavy atom. The minimum Gasteiger partial charge on any atom is -0.397 e. The highest BCUT2D eigenvalue weighted by atomic mass is 35.5. The molecule has 5 heteroatoms. The highest BCUT2D eigenvalue weighted by Gasteiger charge is 2.20. The summed E-state index contributed by atoms with van der Waals surface area (Å²) >= 11 is 5.98. The van der Waals surface area contributed by atoms with E-state index in [1.165, 1.54) is 0 Å². The first kappa shape index (κ1) is 12.6. The molecule has 0 fully saturated rings. The predicted octanol–water partition coefficient (Wildman–Crippen LogP) is 0.633. The van der Waals surface area contributed by atoms with Crippen LogP contribution in [0.15, 0.2) is 12.1 Å². The molecule has 0 bridgehead atoms. The van der Waals surface area contributed by atoms with Crippen molar-refractivity contribution >= 4 is 17.3 Å². The molecule has 2 rings (SSSR count). The summed E-state index contributed by atoms with van der Waals surface area (Å²) in [7, 11) is 0. The lowest BCUT2D eigenvalue weighted by Crippen LogP contribution is -2.38. The van der Waals surface area contributed by atoms with Gasteiger partial charge in [-0.2, -0.15) is 0 Å². The number of fused-ring (bicyclic) bond motifs is 1. The Balaban J connectivity index is 2.12. The van der Waals surface area contributed by atoms with Crippen LogP contribution in [0.5, 0.6) is 0 Å². The number of nitrogens with zero attached hydrogens (tertiary/aromatic N) is 1.